The SMILES string of the molecule is CCN(C(=O)[C@@H]1CCOC1)[C@H](c1cccnc1)c1ccc(F)c(F)c1. The van der Waals surface area contributed by atoms with Crippen molar-refractivity contribution in [2.75, 3.05) is 19.8 Å². The van der Waals surface area contributed by atoms with Crippen molar-refractivity contribution < 1.29 is 18.3 Å². The van der Waals surface area contributed by atoms with Gasteiger partial charge in [0.2, 0.25) is 5.91 Å². The lowest BCUT2D eigenvalue weighted by Crippen LogP contribution is -2.39. The zero-order valence-corrected chi connectivity index (χ0v) is 14.0. The lowest BCUT2D eigenvalue weighted by atomic mass is 9.96. The van der Waals surface area contributed by atoms with Crippen molar-refractivity contribution in [3.63, 3.8) is 0 Å². The van der Waals surface area contributed by atoms with Crippen LogP contribution in [0.15, 0.2) is 42.7 Å². The molecular formula is C19H20F2N2O2. The van der Waals surface area contributed by atoms with E-state index in [0.29, 0.717) is 31.7 Å². The van der Waals surface area contributed by atoms with Crippen LogP contribution in [0, 0.1) is 17.6 Å². The Balaban J connectivity index is 2.02. The number of amides is 1. The monoisotopic (exact) mass is 346 g/mol. The highest BCUT2D eigenvalue weighted by atomic mass is 19.2. The molecule has 1 aliphatic heterocycles. The summed E-state index contributed by atoms with van der Waals surface area (Å²) in [6.07, 6.45) is 3.95. The molecule has 2 heterocycles. The van der Waals surface area contributed by atoms with Gasteiger partial charge in [-0.2, -0.15) is 0 Å². The number of aromatic nitrogens is 1. The van der Waals surface area contributed by atoms with E-state index in [1.165, 1.54) is 6.07 Å². The largest absolute Gasteiger partial charge is 0.381 e. The third kappa shape index (κ3) is 3.69. The maximum atomic E-state index is 13.8. The van der Waals surface area contributed by atoms with Crippen LogP contribution in [0.1, 0.15) is 30.5 Å². The van der Waals surface area contributed by atoms with Crippen LogP contribution in [0.2, 0.25) is 0 Å². The van der Waals surface area contributed by atoms with Crippen LogP contribution in [-0.4, -0.2) is 35.5 Å². The van der Waals surface area contributed by atoms with Gasteiger partial charge >= 0.3 is 0 Å². The van der Waals surface area contributed by atoms with E-state index in [1.807, 2.05) is 13.0 Å². The maximum absolute atomic E-state index is 13.8. The molecule has 1 amide bonds. The Morgan fingerprint density at radius 1 is 1.32 bits per heavy atom. The first-order chi connectivity index (χ1) is 12.1. The van der Waals surface area contributed by atoms with E-state index in [2.05, 4.69) is 4.98 Å². The van der Waals surface area contributed by atoms with Gasteiger partial charge in [-0.25, -0.2) is 8.78 Å². The van der Waals surface area contributed by atoms with Gasteiger partial charge in [0.25, 0.3) is 0 Å². The first kappa shape index (κ1) is 17.5. The van der Waals surface area contributed by atoms with Gasteiger partial charge in [-0.15, -0.1) is 0 Å². The van der Waals surface area contributed by atoms with Crippen LogP contribution in [-0.2, 0) is 9.53 Å². The number of carbonyl (C=O) groups excluding carboxylic acids is 1. The minimum atomic E-state index is -0.931. The zero-order chi connectivity index (χ0) is 17.8. The molecule has 1 aromatic carbocycles. The van der Waals surface area contributed by atoms with Gasteiger partial charge in [0.05, 0.1) is 18.6 Å². The summed E-state index contributed by atoms with van der Waals surface area (Å²) >= 11 is 0. The van der Waals surface area contributed by atoms with Crippen molar-refractivity contribution >= 4 is 5.91 Å². The van der Waals surface area contributed by atoms with Gasteiger partial charge in [-0.05, 0) is 42.7 Å². The number of rotatable bonds is 5. The Kier molecular flexibility index (Phi) is 5.38. The minimum absolute atomic E-state index is 0.0430. The highest BCUT2D eigenvalue weighted by Gasteiger charge is 2.33. The molecule has 25 heavy (non-hydrogen) atoms. The van der Waals surface area contributed by atoms with E-state index in [-0.39, 0.29) is 11.8 Å². The number of hydrogen-bond acceptors (Lipinski definition) is 3. The lowest BCUT2D eigenvalue weighted by Gasteiger charge is -2.33. The van der Waals surface area contributed by atoms with E-state index in [1.54, 1.807) is 23.4 Å². The summed E-state index contributed by atoms with van der Waals surface area (Å²) in [7, 11) is 0. The first-order valence-corrected chi connectivity index (χ1v) is 8.35. The number of carbonyl (C=O) groups is 1. The highest BCUT2D eigenvalue weighted by Crippen LogP contribution is 2.31. The maximum Gasteiger partial charge on any atom is 0.228 e. The minimum Gasteiger partial charge on any atom is -0.381 e. The molecule has 0 saturated carbocycles. The van der Waals surface area contributed by atoms with E-state index in [0.717, 1.165) is 17.7 Å². The van der Waals surface area contributed by atoms with Gasteiger partial charge in [0.15, 0.2) is 11.6 Å². The van der Waals surface area contributed by atoms with Crippen molar-refractivity contribution in [3.05, 3.63) is 65.5 Å². The average Bonchev–Trinajstić information content (AvgIpc) is 3.17. The summed E-state index contributed by atoms with van der Waals surface area (Å²) in [6, 6.07) is 6.82. The Morgan fingerprint density at radius 3 is 2.76 bits per heavy atom. The lowest BCUT2D eigenvalue weighted by molar-refractivity contribution is -0.137. The Morgan fingerprint density at radius 2 is 2.16 bits per heavy atom. The topological polar surface area (TPSA) is 42.4 Å². The van der Waals surface area contributed by atoms with Gasteiger partial charge in [-0.1, -0.05) is 12.1 Å². The summed E-state index contributed by atoms with van der Waals surface area (Å²) in [5.74, 6) is -2.09. The fraction of sp³-hybridized carbons (Fsp3) is 0.368. The van der Waals surface area contributed by atoms with Crippen molar-refractivity contribution in [1.29, 1.82) is 0 Å². The molecule has 0 N–H and O–H groups in total. The molecule has 0 unspecified atom stereocenters. The molecule has 0 radical (unpaired) electrons. The molecule has 0 bridgehead atoms. The number of hydrogen-bond donors (Lipinski definition) is 0. The number of nitrogens with zero attached hydrogens (tertiary/aromatic N) is 2. The van der Waals surface area contributed by atoms with Crippen LogP contribution in [0.4, 0.5) is 8.78 Å². The van der Waals surface area contributed by atoms with E-state index >= 15 is 0 Å². The summed E-state index contributed by atoms with van der Waals surface area (Å²) in [5, 5.41) is 0. The Hall–Kier alpha value is -2.34. The zero-order valence-electron chi connectivity index (χ0n) is 14.0. The molecule has 0 spiro atoms. The molecule has 0 aliphatic carbocycles. The number of ether oxygens (including phenoxy) is 1. The third-order valence-electron chi connectivity index (χ3n) is 4.47. The number of halogens is 2. The number of pyridine rings is 1. The fourth-order valence-electron chi connectivity index (χ4n) is 3.20. The van der Waals surface area contributed by atoms with Crippen LogP contribution in [0.25, 0.3) is 0 Å². The summed E-state index contributed by atoms with van der Waals surface area (Å²) in [4.78, 5) is 18.8. The molecule has 2 aromatic rings. The van der Waals surface area contributed by atoms with Gasteiger partial charge in [0.1, 0.15) is 0 Å². The standard InChI is InChI=1S/C19H20F2N2O2/c1-2-23(19(24)15-7-9-25-12-15)18(14-4-3-8-22-11-14)13-5-6-16(20)17(21)10-13/h3-6,8,10-11,15,18H,2,7,9,12H2,1H3/t15-,18+/m1/s1. The average molecular weight is 346 g/mol. The van der Waals surface area contributed by atoms with E-state index < -0.39 is 17.7 Å². The molecule has 6 heteroatoms. The molecule has 4 nitrogen and oxygen atoms in total. The predicted molar refractivity (Wildman–Crippen MR) is 88.8 cm³/mol. The van der Waals surface area contributed by atoms with Crippen LogP contribution in [0.3, 0.4) is 0 Å². The smallest absolute Gasteiger partial charge is 0.228 e. The molecular weight excluding hydrogens is 326 g/mol. The van der Waals surface area contributed by atoms with Gasteiger partial charge < -0.3 is 9.64 Å². The van der Waals surface area contributed by atoms with Crippen LogP contribution >= 0.6 is 0 Å². The molecule has 2 atom stereocenters. The van der Waals surface area contributed by atoms with Crippen LogP contribution < -0.4 is 0 Å². The summed E-state index contributed by atoms with van der Waals surface area (Å²) in [5.41, 5.74) is 1.27. The van der Waals surface area contributed by atoms with E-state index in [4.69, 9.17) is 4.74 Å². The predicted octanol–water partition coefficient (Wildman–Crippen LogP) is 3.33. The second-order valence-corrected chi connectivity index (χ2v) is 6.05. The van der Waals surface area contributed by atoms with Crippen LogP contribution in [0.5, 0.6) is 0 Å². The second kappa shape index (κ2) is 7.70. The molecule has 132 valence electrons. The second-order valence-electron chi connectivity index (χ2n) is 6.05. The van der Waals surface area contributed by atoms with E-state index in [9.17, 15) is 13.6 Å². The quantitative estimate of drug-likeness (QED) is 0.834. The summed E-state index contributed by atoms with van der Waals surface area (Å²) in [6.45, 7) is 3.27. The van der Waals surface area contributed by atoms with Crippen molar-refractivity contribution in [1.82, 2.24) is 9.88 Å². The van der Waals surface area contributed by atoms with Crippen molar-refractivity contribution in [2.24, 2.45) is 5.92 Å². The fourth-order valence-corrected chi connectivity index (χ4v) is 3.20. The number of benzene rings is 1. The van der Waals surface area contributed by atoms with Gasteiger partial charge in [0, 0.05) is 25.5 Å². The first-order valence-electron chi connectivity index (χ1n) is 8.35. The van der Waals surface area contributed by atoms with Crippen molar-refractivity contribution in [3.8, 4) is 0 Å². The van der Waals surface area contributed by atoms with Gasteiger partial charge in [-0.3, -0.25) is 9.78 Å². The third-order valence-corrected chi connectivity index (χ3v) is 4.47. The molecule has 3 rings (SSSR count). The normalized spacial score (nSPS) is 18.1. The molecule has 1 fully saturated rings. The van der Waals surface area contributed by atoms with Crippen molar-refractivity contribution in [2.45, 2.75) is 19.4 Å². The Labute approximate surface area is 145 Å². The molecule has 1 saturated heterocycles. The molecule has 1 aromatic heterocycles. The Bertz CT molecular complexity index is 733. The summed E-state index contributed by atoms with van der Waals surface area (Å²) < 4.78 is 32.5. The molecule has 1 aliphatic rings. The highest BCUT2D eigenvalue weighted by molar-refractivity contribution is 5.80.